The van der Waals surface area contributed by atoms with Gasteiger partial charge in [0.15, 0.2) is 13.1 Å². The molecule has 0 spiro atoms. The summed E-state index contributed by atoms with van der Waals surface area (Å²) in [7, 11) is -7.94. The molecule has 2 aromatic rings. The van der Waals surface area contributed by atoms with Gasteiger partial charge in [-0.05, 0) is 80.7 Å². The second-order valence-electron chi connectivity index (χ2n) is 13.9. The third-order valence-corrected chi connectivity index (χ3v) is 11.8. The fourth-order valence-corrected chi connectivity index (χ4v) is 8.46. The number of benzene rings is 3. The second-order valence-corrected chi connectivity index (χ2v) is 17.0. The van der Waals surface area contributed by atoms with Gasteiger partial charge in [0.25, 0.3) is 20.2 Å². The zero-order valence-electron chi connectivity index (χ0n) is 29.8. The summed E-state index contributed by atoms with van der Waals surface area (Å²) >= 11 is 0. The predicted molar refractivity (Wildman–Crippen MR) is 204 cm³/mol. The Kier molecular flexibility index (Phi) is 12.0. The number of hydrogen-bond donors (Lipinski definition) is 4. The minimum atomic E-state index is -3.97. The van der Waals surface area contributed by atoms with Crippen LogP contribution in [-0.2, 0) is 20.2 Å². The average Bonchev–Trinajstić information content (AvgIpc) is 3.13. The molecule has 0 unspecified atom stereocenters. The number of hydrogen-bond acceptors (Lipinski definition) is 10. The van der Waals surface area contributed by atoms with Crippen LogP contribution in [0.25, 0.3) is 33.4 Å². The van der Waals surface area contributed by atoms with E-state index >= 15 is 0 Å². The first-order chi connectivity index (χ1) is 25.6. The lowest BCUT2D eigenvalue weighted by Gasteiger charge is -2.36. The van der Waals surface area contributed by atoms with E-state index in [1.165, 1.54) is 18.2 Å². The molecular weight excluding hydrogens is 741 g/mol. The first-order valence-corrected chi connectivity index (χ1v) is 21.2. The Hall–Kier alpha value is -4.39. The summed E-state index contributed by atoms with van der Waals surface area (Å²) in [6.45, 7) is 7.34. The van der Waals surface area contributed by atoms with Gasteiger partial charge in [-0.3, -0.25) is 18.9 Å². The highest BCUT2D eigenvalue weighted by atomic mass is 32.2. The Labute approximate surface area is 313 Å². The Morgan fingerprint density at radius 1 is 0.685 bits per heavy atom. The molecule has 3 aliphatic heterocycles. The molecule has 15 nitrogen and oxygen atoms in total. The lowest BCUT2D eigenvalue weighted by atomic mass is 9.89. The summed E-state index contributed by atoms with van der Waals surface area (Å²) in [5.74, 6) is -2.36. The lowest BCUT2D eigenvalue weighted by Crippen LogP contribution is -2.48. The maximum absolute atomic E-state index is 12.5. The number of piperazine rings is 2. The molecule has 0 aromatic heterocycles. The quantitative estimate of drug-likeness (QED) is 0.0627. The molecule has 17 heteroatoms. The molecule has 1 aliphatic carbocycles. The maximum atomic E-state index is 12.5. The third kappa shape index (κ3) is 9.82. The summed E-state index contributed by atoms with van der Waals surface area (Å²) < 4.78 is 71.0. The fourth-order valence-electron chi connectivity index (χ4n) is 7.32. The highest BCUT2D eigenvalue weighted by Crippen LogP contribution is 2.42. The number of fused-ring (bicyclic) bond motifs is 2. The van der Waals surface area contributed by atoms with Crippen molar-refractivity contribution in [2.24, 2.45) is 0 Å². The highest BCUT2D eigenvalue weighted by Gasteiger charge is 2.26. The minimum Gasteiger partial charge on any atom is -0.478 e. The molecule has 2 fully saturated rings. The van der Waals surface area contributed by atoms with Crippen LogP contribution in [0.1, 0.15) is 46.4 Å². The van der Waals surface area contributed by atoms with Crippen LogP contribution in [0, 0.1) is 0 Å². The molecule has 0 saturated carbocycles. The van der Waals surface area contributed by atoms with Crippen molar-refractivity contribution >= 4 is 48.8 Å². The maximum Gasteiger partial charge on any atom is 0.336 e. The summed E-state index contributed by atoms with van der Waals surface area (Å²) in [6, 6.07) is 15.5. The van der Waals surface area contributed by atoms with Gasteiger partial charge in [0.1, 0.15) is 11.3 Å². The normalized spacial score (nSPS) is 16.3. The Bertz CT molecular complexity index is 2290. The summed E-state index contributed by atoms with van der Waals surface area (Å²) in [5.41, 5.74) is 2.77. The van der Waals surface area contributed by atoms with Gasteiger partial charge in [-0.15, -0.1) is 0 Å². The summed E-state index contributed by atoms with van der Waals surface area (Å²) in [4.78, 5) is 31.3. The lowest BCUT2D eigenvalue weighted by molar-refractivity contribution is 0.0682. The van der Waals surface area contributed by atoms with Crippen molar-refractivity contribution in [3.8, 4) is 22.5 Å². The van der Waals surface area contributed by atoms with Gasteiger partial charge < -0.3 is 19.5 Å². The molecule has 2 saturated heterocycles. The highest BCUT2D eigenvalue weighted by molar-refractivity contribution is 7.86. The van der Waals surface area contributed by atoms with Crippen LogP contribution in [0.15, 0.2) is 59.0 Å². The standard InChI is InChI=1S/C37H44N4O11S2/c42-36(43)26-5-8-29(37(44)45)32(23-26)35-30-9-6-27(40-17-13-38(14-18-40)11-1-3-21-53(46,47)48)24-33(30)52-34-25-28(7-10-31(34)35)41-19-15-39(16-20-41)12-2-4-22-54(49,50)51/h5-10,23-25H,1-4,11-22H2,(H3-,42,43,44,45,46,47,48,49,50,51)/p+1. The molecular formula is C37H45N4O11S2+. The Morgan fingerprint density at radius 2 is 1.31 bits per heavy atom. The first-order valence-electron chi connectivity index (χ1n) is 17.9. The zero-order valence-corrected chi connectivity index (χ0v) is 31.4. The largest absolute Gasteiger partial charge is 0.478 e. The van der Waals surface area contributed by atoms with E-state index in [1.54, 1.807) is 0 Å². The van der Waals surface area contributed by atoms with Gasteiger partial charge in [-0.2, -0.15) is 16.8 Å². The van der Waals surface area contributed by atoms with Crippen molar-refractivity contribution in [1.82, 2.24) is 14.4 Å². The van der Waals surface area contributed by atoms with Crippen molar-refractivity contribution in [1.29, 1.82) is 0 Å². The third-order valence-electron chi connectivity index (χ3n) is 10.2. The van der Waals surface area contributed by atoms with E-state index in [-0.39, 0.29) is 28.2 Å². The number of unbranched alkanes of at least 4 members (excludes halogenated alkanes) is 2. The number of aromatic carboxylic acids is 2. The van der Waals surface area contributed by atoms with E-state index in [0.29, 0.717) is 79.7 Å². The van der Waals surface area contributed by atoms with Crippen LogP contribution in [-0.4, -0.2) is 135 Å². The molecule has 3 heterocycles. The molecule has 4 aliphatic rings. The monoisotopic (exact) mass is 785 g/mol. The van der Waals surface area contributed by atoms with Gasteiger partial charge in [-0.25, -0.2) is 14.2 Å². The van der Waals surface area contributed by atoms with Crippen LogP contribution in [0.2, 0.25) is 0 Å². The van der Waals surface area contributed by atoms with Gasteiger partial charge in [-0.1, -0.05) is 0 Å². The fraction of sp³-hybridized carbons (Fsp3) is 0.432. The Balaban J connectivity index is 1.33. The number of anilines is 1. The molecule has 0 radical (unpaired) electrons. The van der Waals surface area contributed by atoms with Crippen LogP contribution in [0.5, 0.6) is 0 Å². The molecule has 54 heavy (non-hydrogen) atoms. The number of carboxylic acids is 2. The molecule has 0 bridgehead atoms. The van der Waals surface area contributed by atoms with E-state index in [4.69, 9.17) is 13.5 Å². The zero-order chi connectivity index (χ0) is 38.6. The summed E-state index contributed by atoms with van der Waals surface area (Å²) in [5, 5.41) is 21.6. The summed E-state index contributed by atoms with van der Waals surface area (Å²) in [6.07, 6.45) is 2.09. The van der Waals surface area contributed by atoms with E-state index < -0.39 is 32.2 Å². The van der Waals surface area contributed by atoms with E-state index in [2.05, 4.69) is 19.3 Å². The van der Waals surface area contributed by atoms with E-state index in [1.807, 2.05) is 36.4 Å². The van der Waals surface area contributed by atoms with Gasteiger partial charge in [0, 0.05) is 60.5 Å². The molecule has 2 aromatic carbocycles. The van der Waals surface area contributed by atoms with Crippen molar-refractivity contribution in [3.63, 3.8) is 0 Å². The van der Waals surface area contributed by atoms with Crippen molar-refractivity contribution in [2.45, 2.75) is 25.7 Å². The van der Waals surface area contributed by atoms with Crippen molar-refractivity contribution in [2.75, 3.05) is 81.9 Å². The van der Waals surface area contributed by atoms with Gasteiger partial charge in [0.05, 0.1) is 41.8 Å². The number of carboxylic acid groups (broad SMARTS) is 2. The van der Waals surface area contributed by atoms with Crippen molar-refractivity contribution in [3.05, 3.63) is 71.1 Å². The van der Waals surface area contributed by atoms with Crippen LogP contribution < -0.4 is 14.8 Å². The molecule has 290 valence electrons. The average molecular weight is 786 g/mol. The first kappa shape index (κ1) is 39.3. The van der Waals surface area contributed by atoms with Gasteiger partial charge >= 0.3 is 11.9 Å². The van der Waals surface area contributed by atoms with E-state index in [9.17, 15) is 36.6 Å². The van der Waals surface area contributed by atoms with E-state index in [0.717, 1.165) is 50.3 Å². The van der Waals surface area contributed by atoms with Crippen LogP contribution in [0.3, 0.4) is 0 Å². The topological polar surface area (TPSA) is 209 Å². The predicted octanol–water partition coefficient (Wildman–Crippen LogP) is 3.15. The minimum absolute atomic E-state index is 0.0395. The molecule has 0 amide bonds. The number of nitrogens with zero attached hydrogens (tertiary/aromatic N) is 4. The molecule has 4 N–H and O–H groups in total. The molecule has 0 atom stereocenters. The Morgan fingerprint density at radius 3 is 1.91 bits per heavy atom. The molecule has 6 rings (SSSR count). The number of carbonyl (C=O) groups is 2. The smallest absolute Gasteiger partial charge is 0.336 e. The van der Waals surface area contributed by atoms with Crippen LogP contribution in [0.4, 0.5) is 5.69 Å². The van der Waals surface area contributed by atoms with Crippen LogP contribution >= 0.6 is 0 Å². The SMILES string of the molecule is O=C(O)c1ccc(C(=O)O)c(-c2c3ccc(=[N+]4CCN(CCCCS(=O)(=O)O)CC4)cc-3oc3cc(N4CCN(CCCCS(=O)(=O)O)CC4)ccc23)c1. The number of rotatable bonds is 14. The second kappa shape index (κ2) is 16.5. The van der Waals surface area contributed by atoms with Crippen molar-refractivity contribution < 1.29 is 50.2 Å². The van der Waals surface area contributed by atoms with Gasteiger partial charge in [0.2, 0.25) is 5.36 Å².